The number of hydrogen-bond acceptors (Lipinski definition) is 9. The van der Waals surface area contributed by atoms with Crippen LogP contribution in [0.15, 0.2) is 72.8 Å². The molecule has 3 fully saturated rings. The first-order chi connectivity index (χ1) is 21.0. The van der Waals surface area contributed by atoms with Gasteiger partial charge in [0.1, 0.15) is 38.1 Å². The van der Waals surface area contributed by atoms with Crippen LogP contribution >= 0.6 is 0 Å². The van der Waals surface area contributed by atoms with E-state index in [0.29, 0.717) is 36.9 Å². The Morgan fingerprint density at radius 3 is 1.02 bits per heavy atom. The van der Waals surface area contributed by atoms with Gasteiger partial charge in [-0.25, -0.2) is 14.4 Å². The minimum atomic E-state index is -0.544. The molecule has 224 valence electrons. The maximum Gasteiger partial charge on any atom is 0.411 e. The van der Waals surface area contributed by atoms with E-state index >= 15 is 0 Å². The Kier molecular flexibility index (Phi) is 8.68. The van der Waals surface area contributed by atoms with Gasteiger partial charge in [-0.15, -0.1) is 0 Å². The van der Waals surface area contributed by atoms with Crippen LogP contribution in [0.3, 0.4) is 0 Å². The number of benzene rings is 3. The number of amides is 3. The minimum Gasteiger partial charge on any atom is -0.446 e. The molecule has 3 aliphatic heterocycles. The summed E-state index contributed by atoms with van der Waals surface area (Å²) in [5.41, 5.74) is 4.65. The second-order valence-electron chi connectivity index (χ2n) is 10.3. The second kappa shape index (κ2) is 13.1. The molecule has 3 atom stereocenters. The zero-order valence-electron chi connectivity index (χ0n) is 23.2. The molecule has 12 heteroatoms. The molecule has 3 aromatic carbocycles. The smallest absolute Gasteiger partial charge is 0.411 e. The zero-order chi connectivity index (χ0) is 29.6. The molecule has 0 radical (unpaired) electrons. The maximum atomic E-state index is 12.1. The zero-order valence-corrected chi connectivity index (χ0v) is 23.2. The van der Waals surface area contributed by atoms with E-state index in [1.165, 1.54) is 0 Å². The van der Waals surface area contributed by atoms with E-state index < -0.39 is 18.3 Å². The lowest BCUT2D eigenvalue weighted by Gasteiger charge is -2.20. The van der Waals surface area contributed by atoms with Crippen molar-refractivity contribution in [3.05, 3.63) is 89.5 Å². The average Bonchev–Trinajstić information content (AvgIpc) is 3.87. The third-order valence-electron chi connectivity index (χ3n) is 6.88. The van der Waals surface area contributed by atoms with Gasteiger partial charge in [-0.05, 0) is 53.1 Å². The Labute approximate surface area is 247 Å². The van der Waals surface area contributed by atoms with Gasteiger partial charge in [-0.2, -0.15) is 0 Å². The van der Waals surface area contributed by atoms with Gasteiger partial charge in [0.05, 0.1) is 19.8 Å². The van der Waals surface area contributed by atoms with Crippen LogP contribution in [0.25, 0.3) is 0 Å². The minimum absolute atomic E-state index is 0.0111. The number of hydrogen-bond donors (Lipinski definition) is 3. The van der Waals surface area contributed by atoms with Crippen LogP contribution in [0.1, 0.15) is 22.6 Å². The number of nitrogens with one attached hydrogen (secondary N) is 3. The van der Waals surface area contributed by atoms with E-state index in [2.05, 4.69) is 16.0 Å². The number of carbonyl (C=O) groups is 3. The molecule has 0 aliphatic carbocycles. The van der Waals surface area contributed by atoms with Crippen molar-refractivity contribution in [3.63, 3.8) is 0 Å². The van der Waals surface area contributed by atoms with E-state index in [0.717, 1.165) is 16.7 Å². The molecule has 3 aromatic rings. The fraction of sp³-hybridized carbons (Fsp3) is 0.323. The molecule has 3 heterocycles. The lowest BCUT2D eigenvalue weighted by molar-refractivity contribution is 0.150. The van der Waals surface area contributed by atoms with Crippen LogP contribution in [-0.4, -0.2) is 76.2 Å². The molecule has 3 aliphatic rings. The van der Waals surface area contributed by atoms with Gasteiger partial charge >= 0.3 is 18.3 Å². The first-order valence-electron chi connectivity index (χ1n) is 13.9. The summed E-state index contributed by atoms with van der Waals surface area (Å²) in [6.45, 7) is 2.50. The summed E-state index contributed by atoms with van der Waals surface area (Å²) in [5.74, 6) is -0.200. The highest BCUT2D eigenvalue weighted by molar-refractivity contribution is 5.86. The van der Waals surface area contributed by atoms with Crippen LogP contribution in [0.5, 0.6) is 0 Å². The predicted molar refractivity (Wildman–Crippen MR) is 154 cm³/mol. The summed E-state index contributed by atoms with van der Waals surface area (Å²) in [6.07, 6.45) is -1.67. The summed E-state index contributed by atoms with van der Waals surface area (Å²) in [7, 11) is 0. The Hall–Kier alpha value is -4.65. The van der Waals surface area contributed by atoms with E-state index in [4.69, 9.17) is 28.4 Å². The highest BCUT2D eigenvalue weighted by Crippen LogP contribution is 2.34. The summed E-state index contributed by atoms with van der Waals surface area (Å²) in [4.78, 5) is 36.3. The van der Waals surface area contributed by atoms with Crippen molar-refractivity contribution >= 4 is 35.3 Å². The van der Waals surface area contributed by atoms with Gasteiger partial charge in [0.2, 0.25) is 0 Å². The number of carbonyl (C=O) groups excluding carboxylic acids is 3. The van der Waals surface area contributed by atoms with Crippen molar-refractivity contribution in [2.24, 2.45) is 0 Å². The molecule has 0 aromatic heterocycles. The van der Waals surface area contributed by atoms with Gasteiger partial charge in [0, 0.05) is 23.0 Å². The van der Waals surface area contributed by atoms with Crippen LogP contribution in [0, 0.1) is 0 Å². The molecule has 12 nitrogen and oxygen atoms in total. The van der Waals surface area contributed by atoms with E-state index in [1.807, 2.05) is 72.8 Å². The quantitative estimate of drug-likeness (QED) is 0.155. The van der Waals surface area contributed by atoms with Crippen molar-refractivity contribution in [2.45, 2.75) is 24.2 Å². The Morgan fingerprint density at radius 2 is 0.791 bits per heavy atom. The van der Waals surface area contributed by atoms with E-state index in [-0.39, 0.29) is 44.1 Å². The van der Waals surface area contributed by atoms with Gasteiger partial charge < -0.3 is 28.4 Å². The van der Waals surface area contributed by atoms with Gasteiger partial charge in [0.15, 0.2) is 0 Å². The van der Waals surface area contributed by atoms with Gasteiger partial charge in [0.25, 0.3) is 0 Å². The third-order valence-corrected chi connectivity index (χ3v) is 6.88. The largest absolute Gasteiger partial charge is 0.446 e. The van der Waals surface area contributed by atoms with Crippen LogP contribution in [0.2, 0.25) is 0 Å². The molecule has 0 bridgehead atoms. The standard InChI is InChI=1S/C31H31N3O9/c35-29(41-16-25-13-38-25)32-22-7-1-19(2-8-22)28(20-3-9-23(10-4-20)33-30(36)42-17-26-14-39-26)21-5-11-24(12-6-21)34-31(37)43-18-27-15-40-27/h1-12,25-28H,13-18H2,(H,32,35)(H,33,36)(H,34,37). The fourth-order valence-electron chi connectivity index (χ4n) is 4.31. The third kappa shape index (κ3) is 8.67. The predicted octanol–water partition coefficient (Wildman–Crippen LogP) is 4.71. The Balaban J connectivity index is 1.16. The molecule has 6 rings (SSSR count). The second-order valence-corrected chi connectivity index (χ2v) is 10.3. The Morgan fingerprint density at radius 1 is 0.535 bits per heavy atom. The number of ether oxygens (including phenoxy) is 6. The van der Waals surface area contributed by atoms with Crippen LogP contribution < -0.4 is 16.0 Å². The van der Waals surface area contributed by atoms with E-state index in [9.17, 15) is 14.4 Å². The summed E-state index contributed by atoms with van der Waals surface area (Å²) >= 11 is 0. The molecule has 3 unspecified atom stereocenters. The molecular formula is C31H31N3O9. The summed E-state index contributed by atoms with van der Waals surface area (Å²) in [5, 5.41) is 8.18. The number of epoxide rings is 3. The van der Waals surface area contributed by atoms with E-state index in [1.54, 1.807) is 0 Å². The molecule has 3 N–H and O–H groups in total. The summed E-state index contributed by atoms with van der Waals surface area (Å²) in [6, 6.07) is 22.4. The molecular weight excluding hydrogens is 558 g/mol. The van der Waals surface area contributed by atoms with Crippen LogP contribution in [-0.2, 0) is 28.4 Å². The lowest BCUT2D eigenvalue weighted by atomic mass is 9.85. The molecule has 0 saturated carbocycles. The highest BCUT2D eigenvalue weighted by Gasteiger charge is 2.26. The molecule has 43 heavy (non-hydrogen) atoms. The normalized spacial score (nSPS) is 20.2. The maximum absolute atomic E-state index is 12.1. The first kappa shape index (κ1) is 28.5. The molecule has 3 amide bonds. The van der Waals surface area contributed by atoms with Crippen molar-refractivity contribution in [1.82, 2.24) is 0 Å². The Bertz CT molecular complexity index is 1240. The first-order valence-corrected chi connectivity index (χ1v) is 13.9. The molecule has 3 saturated heterocycles. The molecule has 0 spiro atoms. The SMILES string of the molecule is O=C(Nc1ccc(C(c2ccc(NC(=O)OCC3CO3)cc2)c2ccc(NC(=O)OCC3CO3)cc2)cc1)OCC1CO1. The fourth-order valence-corrected chi connectivity index (χ4v) is 4.31. The number of anilines is 3. The lowest BCUT2D eigenvalue weighted by Crippen LogP contribution is -2.17. The number of rotatable bonds is 12. The average molecular weight is 590 g/mol. The highest BCUT2D eigenvalue weighted by atomic mass is 16.6. The monoisotopic (exact) mass is 589 g/mol. The van der Waals surface area contributed by atoms with Crippen molar-refractivity contribution in [1.29, 1.82) is 0 Å². The van der Waals surface area contributed by atoms with Gasteiger partial charge in [-0.3, -0.25) is 16.0 Å². The van der Waals surface area contributed by atoms with Gasteiger partial charge in [-0.1, -0.05) is 36.4 Å². The van der Waals surface area contributed by atoms with Crippen molar-refractivity contribution < 1.29 is 42.8 Å². The summed E-state index contributed by atoms with van der Waals surface area (Å²) < 4.78 is 30.7. The van der Waals surface area contributed by atoms with Crippen molar-refractivity contribution in [2.75, 3.05) is 55.6 Å². The van der Waals surface area contributed by atoms with Crippen LogP contribution in [0.4, 0.5) is 31.4 Å². The van der Waals surface area contributed by atoms with Crippen molar-refractivity contribution in [3.8, 4) is 0 Å². The topological polar surface area (TPSA) is 153 Å².